The smallest absolute Gasteiger partial charge is 0.210 e. The maximum atomic E-state index is 13.3. The Hall–Kier alpha value is -2.70. The second-order valence-electron chi connectivity index (χ2n) is 6.72. The predicted molar refractivity (Wildman–Crippen MR) is 104 cm³/mol. The van der Waals surface area contributed by atoms with E-state index in [1.165, 1.54) is 4.52 Å². The Morgan fingerprint density at radius 1 is 1.22 bits per heavy atom. The van der Waals surface area contributed by atoms with Crippen LogP contribution in [0.4, 0.5) is 5.69 Å². The molecule has 3 N–H and O–H groups in total. The van der Waals surface area contributed by atoms with Gasteiger partial charge in [0.2, 0.25) is 5.78 Å². The van der Waals surface area contributed by atoms with Gasteiger partial charge in [-0.25, -0.2) is 4.52 Å². The summed E-state index contributed by atoms with van der Waals surface area (Å²) < 4.78 is 7.53. The highest BCUT2D eigenvalue weighted by Gasteiger charge is 2.32. The number of nitrogens with zero attached hydrogens (tertiary/aromatic N) is 2. The Balaban J connectivity index is 1.90. The number of rotatable bonds is 8. The standard InChI is InChI=1S/C21H25N3O3/c1-3-19(25)14(2)21(27-13-15-7-5-4-6-8-15)20(26)18-10-9-17-16(22)11-12-23-24(17)18/h4-12,14,19,21,25H,3,13,22H2,1-2H3/t14-,19-,21-/m1/s1. The average Bonchev–Trinajstić information content (AvgIpc) is 3.13. The molecule has 2 heterocycles. The monoisotopic (exact) mass is 367 g/mol. The van der Waals surface area contributed by atoms with Gasteiger partial charge in [-0.2, -0.15) is 5.10 Å². The number of hydrogen-bond acceptors (Lipinski definition) is 5. The highest BCUT2D eigenvalue weighted by Crippen LogP contribution is 2.23. The van der Waals surface area contributed by atoms with Crippen molar-refractivity contribution in [2.45, 2.75) is 39.1 Å². The molecule has 27 heavy (non-hydrogen) atoms. The zero-order valence-corrected chi connectivity index (χ0v) is 15.6. The first-order valence-corrected chi connectivity index (χ1v) is 9.13. The average molecular weight is 367 g/mol. The molecular weight excluding hydrogens is 342 g/mol. The van der Waals surface area contributed by atoms with Crippen LogP contribution >= 0.6 is 0 Å². The molecule has 3 atom stereocenters. The van der Waals surface area contributed by atoms with Gasteiger partial charge in [0.15, 0.2) is 0 Å². The summed E-state index contributed by atoms with van der Waals surface area (Å²) in [6, 6.07) is 14.8. The molecule has 0 radical (unpaired) electrons. The van der Waals surface area contributed by atoms with Crippen molar-refractivity contribution < 1.29 is 14.6 Å². The van der Waals surface area contributed by atoms with Gasteiger partial charge in [-0.3, -0.25) is 4.79 Å². The molecule has 0 unspecified atom stereocenters. The number of nitrogen functional groups attached to an aromatic ring is 1. The lowest BCUT2D eigenvalue weighted by Gasteiger charge is -2.26. The molecule has 0 saturated carbocycles. The van der Waals surface area contributed by atoms with Crippen molar-refractivity contribution in [1.82, 2.24) is 9.61 Å². The van der Waals surface area contributed by atoms with Crippen LogP contribution in [-0.2, 0) is 11.3 Å². The molecule has 3 rings (SSSR count). The molecule has 0 aliphatic heterocycles. The number of aliphatic hydroxyl groups excluding tert-OH is 1. The minimum atomic E-state index is -0.790. The van der Waals surface area contributed by atoms with Gasteiger partial charge in [0.1, 0.15) is 11.8 Å². The number of anilines is 1. The van der Waals surface area contributed by atoms with E-state index in [1.807, 2.05) is 44.2 Å². The molecule has 0 amide bonds. The second-order valence-corrected chi connectivity index (χ2v) is 6.72. The third-order valence-corrected chi connectivity index (χ3v) is 4.87. The van der Waals surface area contributed by atoms with Crippen LogP contribution in [0.25, 0.3) is 5.52 Å². The quantitative estimate of drug-likeness (QED) is 0.597. The molecule has 0 aliphatic rings. The molecule has 0 spiro atoms. The fourth-order valence-corrected chi connectivity index (χ4v) is 3.17. The summed E-state index contributed by atoms with van der Waals surface area (Å²) >= 11 is 0. The first-order chi connectivity index (χ1) is 13.0. The van der Waals surface area contributed by atoms with Gasteiger partial charge in [-0.1, -0.05) is 44.2 Å². The van der Waals surface area contributed by atoms with Gasteiger partial charge in [0.25, 0.3) is 0 Å². The number of Topliss-reactive ketones (excluding diaryl/α,β-unsaturated/α-hetero) is 1. The van der Waals surface area contributed by atoms with Crippen LogP contribution in [0, 0.1) is 5.92 Å². The highest BCUT2D eigenvalue weighted by molar-refractivity contribution is 5.99. The molecule has 0 saturated heterocycles. The Kier molecular flexibility index (Phi) is 5.88. The molecule has 3 aromatic rings. The third kappa shape index (κ3) is 4.02. The Labute approximate surface area is 158 Å². The highest BCUT2D eigenvalue weighted by atomic mass is 16.5. The van der Waals surface area contributed by atoms with Crippen LogP contribution in [0.15, 0.2) is 54.7 Å². The molecule has 6 heteroatoms. The lowest BCUT2D eigenvalue weighted by molar-refractivity contribution is -0.0257. The van der Waals surface area contributed by atoms with Crippen molar-refractivity contribution in [3.63, 3.8) is 0 Å². The molecule has 1 aromatic carbocycles. The van der Waals surface area contributed by atoms with Gasteiger partial charge in [0, 0.05) is 12.1 Å². The van der Waals surface area contributed by atoms with Gasteiger partial charge in [-0.05, 0) is 30.2 Å². The molecule has 0 aliphatic carbocycles. The fourth-order valence-electron chi connectivity index (χ4n) is 3.17. The summed E-state index contributed by atoms with van der Waals surface area (Å²) in [7, 11) is 0. The van der Waals surface area contributed by atoms with Crippen LogP contribution in [0.1, 0.15) is 36.3 Å². The van der Waals surface area contributed by atoms with E-state index < -0.39 is 12.2 Å². The zero-order valence-electron chi connectivity index (χ0n) is 15.6. The van der Waals surface area contributed by atoms with Crippen molar-refractivity contribution in [2.24, 2.45) is 5.92 Å². The molecule has 2 aromatic heterocycles. The van der Waals surface area contributed by atoms with E-state index >= 15 is 0 Å². The summed E-state index contributed by atoms with van der Waals surface area (Å²) in [4.78, 5) is 13.3. The Bertz CT molecular complexity index is 907. The summed E-state index contributed by atoms with van der Waals surface area (Å²) in [6.45, 7) is 4.00. The minimum absolute atomic E-state index is 0.218. The second kappa shape index (κ2) is 8.33. The van der Waals surface area contributed by atoms with E-state index in [-0.39, 0.29) is 18.3 Å². The van der Waals surface area contributed by atoms with E-state index in [9.17, 15) is 9.90 Å². The number of ketones is 1. The van der Waals surface area contributed by atoms with Gasteiger partial charge in [-0.15, -0.1) is 0 Å². The van der Waals surface area contributed by atoms with Crippen LogP contribution in [0.3, 0.4) is 0 Å². The topological polar surface area (TPSA) is 89.8 Å². The van der Waals surface area contributed by atoms with Crippen molar-refractivity contribution in [1.29, 1.82) is 0 Å². The van der Waals surface area contributed by atoms with Gasteiger partial charge < -0.3 is 15.6 Å². The first-order valence-electron chi connectivity index (χ1n) is 9.13. The fraction of sp³-hybridized carbons (Fsp3) is 0.333. The van der Waals surface area contributed by atoms with Crippen LogP contribution in [0.5, 0.6) is 0 Å². The number of aliphatic hydroxyl groups is 1. The van der Waals surface area contributed by atoms with Crippen LogP contribution in [0.2, 0.25) is 0 Å². The summed E-state index contributed by atoms with van der Waals surface area (Å²) in [5, 5.41) is 14.6. The number of carbonyl (C=O) groups excluding carboxylic acids is 1. The van der Waals surface area contributed by atoms with Crippen LogP contribution in [-0.4, -0.2) is 32.7 Å². The van der Waals surface area contributed by atoms with E-state index in [2.05, 4.69) is 5.10 Å². The number of nitrogens with two attached hydrogens (primary N) is 1. The summed E-state index contributed by atoms with van der Waals surface area (Å²) in [6.07, 6.45) is 0.670. The van der Waals surface area contributed by atoms with Crippen LogP contribution < -0.4 is 5.73 Å². The van der Waals surface area contributed by atoms with Gasteiger partial charge in [0.05, 0.1) is 23.9 Å². The Morgan fingerprint density at radius 2 is 1.96 bits per heavy atom. The lowest BCUT2D eigenvalue weighted by atomic mass is 9.92. The number of ether oxygens (including phenoxy) is 1. The third-order valence-electron chi connectivity index (χ3n) is 4.87. The SMILES string of the molecule is CC[C@@H](O)[C@@H](C)[C@@H](OCc1ccccc1)C(=O)c1ccc2c(N)ccnn12. The van der Waals surface area contributed by atoms with Crippen molar-refractivity contribution in [3.05, 3.63) is 66.0 Å². The first kappa shape index (κ1) is 19.1. The summed E-state index contributed by atoms with van der Waals surface area (Å²) in [5.41, 5.74) is 8.55. The van der Waals surface area contributed by atoms with E-state index in [0.29, 0.717) is 23.3 Å². The normalized spacial score (nSPS) is 14.8. The van der Waals surface area contributed by atoms with Gasteiger partial charge >= 0.3 is 0 Å². The number of fused-ring (bicyclic) bond motifs is 1. The van der Waals surface area contributed by atoms with Crippen molar-refractivity contribution >= 4 is 17.0 Å². The number of hydrogen-bond donors (Lipinski definition) is 2. The Morgan fingerprint density at radius 3 is 2.67 bits per heavy atom. The predicted octanol–water partition coefficient (Wildman–Crippen LogP) is 3.09. The number of carbonyl (C=O) groups is 1. The molecular formula is C21H25N3O3. The summed E-state index contributed by atoms with van der Waals surface area (Å²) in [5.74, 6) is -0.582. The molecule has 0 bridgehead atoms. The molecule has 6 nitrogen and oxygen atoms in total. The minimum Gasteiger partial charge on any atom is -0.397 e. The van der Waals surface area contributed by atoms with E-state index in [1.54, 1.807) is 24.4 Å². The van der Waals surface area contributed by atoms with E-state index in [0.717, 1.165) is 5.56 Å². The maximum Gasteiger partial charge on any atom is 0.210 e. The zero-order chi connectivity index (χ0) is 19.4. The number of aromatic nitrogens is 2. The van der Waals surface area contributed by atoms with E-state index in [4.69, 9.17) is 10.5 Å². The van der Waals surface area contributed by atoms with Crippen molar-refractivity contribution in [3.8, 4) is 0 Å². The lowest BCUT2D eigenvalue weighted by Crippen LogP contribution is -2.38. The van der Waals surface area contributed by atoms with Crippen molar-refractivity contribution in [2.75, 3.05) is 5.73 Å². The number of benzene rings is 1. The molecule has 0 fully saturated rings. The largest absolute Gasteiger partial charge is 0.397 e. The maximum absolute atomic E-state index is 13.3. The molecule has 142 valence electrons.